The number of nitrogens with one attached hydrogen (secondary N) is 1. The number of hydrogen-bond acceptors (Lipinski definition) is 3. The first-order valence-electron chi connectivity index (χ1n) is 6.68. The summed E-state index contributed by atoms with van der Waals surface area (Å²) in [6.07, 6.45) is 1.13. The molecule has 0 saturated heterocycles. The summed E-state index contributed by atoms with van der Waals surface area (Å²) in [6.45, 7) is 6.68. The summed E-state index contributed by atoms with van der Waals surface area (Å²) in [7, 11) is 0. The molecule has 1 heterocycles. The number of thioether (sulfide) groups is 1. The fourth-order valence-corrected chi connectivity index (χ4v) is 3.21. The average Bonchev–Trinajstić information content (AvgIpc) is 2.36. The molecule has 0 saturated carbocycles. The van der Waals surface area contributed by atoms with Gasteiger partial charge in [0.05, 0.1) is 5.60 Å². The predicted octanol–water partition coefficient (Wildman–Crippen LogP) is 3.22. The normalized spacial score (nSPS) is 22.6. The van der Waals surface area contributed by atoms with Crippen molar-refractivity contribution in [2.24, 2.45) is 5.92 Å². The van der Waals surface area contributed by atoms with Gasteiger partial charge in [0.1, 0.15) is 0 Å². The van der Waals surface area contributed by atoms with Crippen molar-refractivity contribution in [1.82, 2.24) is 5.32 Å². The average molecular weight is 265 g/mol. The topological polar surface area (TPSA) is 32.3 Å². The van der Waals surface area contributed by atoms with Crippen LogP contribution in [-0.2, 0) is 0 Å². The van der Waals surface area contributed by atoms with Gasteiger partial charge in [-0.15, -0.1) is 11.8 Å². The van der Waals surface area contributed by atoms with Crippen LogP contribution in [0.1, 0.15) is 38.8 Å². The molecule has 0 amide bonds. The first-order valence-corrected chi connectivity index (χ1v) is 7.67. The van der Waals surface area contributed by atoms with Crippen LogP contribution in [0.5, 0.6) is 0 Å². The largest absolute Gasteiger partial charge is 0.389 e. The van der Waals surface area contributed by atoms with Gasteiger partial charge in [0.2, 0.25) is 0 Å². The molecule has 0 radical (unpaired) electrons. The smallest absolute Gasteiger partial charge is 0.0766 e. The Morgan fingerprint density at radius 3 is 2.89 bits per heavy atom. The minimum absolute atomic E-state index is 0.262. The maximum absolute atomic E-state index is 10.3. The van der Waals surface area contributed by atoms with Crippen molar-refractivity contribution < 1.29 is 5.11 Å². The third-order valence-corrected chi connectivity index (χ3v) is 5.03. The van der Waals surface area contributed by atoms with Crippen molar-refractivity contribution in [2.75, 3.05) is 12.3 Å². The fourth-order valence-electron chi connectivity index (χ4n) is 2.09. The Balaban J connectivity index is 2.04. The molecule has 3 heteroatoms. The van der Waals surface area contributed by atoms with E-state index in [1.54, 1.807) is 0 Å². The van der Waals surface area contributed by atoms with E-state index >= 15 is 0 Å². The van der Waals surface area contributed by atoms with Crippen LogP contribution in [0.2, 0.25) is 0 Å². The van der Waals surface area contributed by atoms with Crippen molar-refractivity contribution in [1.29, 1.82) is 0 Å². The quantitative estimate of drug-likeness (QED) is 0.876. The second-order valence-electron chi connectivity index (χ2n) is 5.62. The van der Waals surface area contributed by atoms with Crippen LogP contribution in [0.4, 0.5) is 0 Å². The molecular weight excluding hydrogens is 242 g/mol. The highest BCUT2D eigenvalue weighted by Crippen LogP contribution is 2.36. The van der Waals surface area contributed by atoms with Gasteiger partial charge >= 0.3 is 0 Å². The predicted molar refractivity (Wildman–Crippen MR) is 78.0 cm³/mol. The molecule has 18 heavy (non-hydrogen) atoms. The molecule has 0 aromatic heterocycles. The molecular formula is C15H23NOS. The summed E-state index contributed by atoms with van der Waals surface area (Å²) >= 11 is 1.93. The molecule has 2 rings (SSSR count). The zero-order valence-electron chi connectivity index (χ0n) is 11.4. The van der Waals surface area contributed by atoms with Gasteiger partial charge in [0, 0.05) is 17.5 Å². The van der Waals surface area contributed by atoms with Gasteiger partial charge in [-0.25, -0.2) is 0 Å². The van der Waals surface area contributed by atoms with Crippen LogP contribution in [0.25, 0.3) is 0 Å². The Labute approximate surface area is 114 Å². The van der Waals surface area contributed by atoms with Crippen molar-refractivity contribution >= 4 is 11.8 Å². The number of fused-ring (bicyclic) bond motifs is 1. The molecule has 2 unspecified atom stereocenters. The van der Waals surface area contributed by atoms with E-state index in [-0.39, 0.29) is 5.92 Å². The standard InChI is InChI=1S/C15H23NOS/c1-11(2)15(3,17)10-16-13-8-9-18-14-7-5-4-6-12(13)14/h4-7,11,13,16-17H,8-10H2,1-3H3. The molecule has 1 aromatic rings. The fraction of sp³-hybridized carbons (Fsp3) is 0.600. The van der Waals surface area contributed by atoms with E-state index in [9.17, 15) is 5.11 Å². The van der Waals surface area contributed by atoms with Gasteiger partial charge in [-0.05, 0) is 36.6 Å². The molecule has 0 bridgehead atoms. The summed E-state index contributed by atoms with van der Waals surface area (Å²) in [5.74, 6) is 1.41. The maximum atomic E-state index is 10.3. The highest BCUT2D eigenvalue weighted by Gasteiger charge is 2.27. The summed E-state index contributed by atoms with van der Waals surface area (Å²) in [5, 5.41) is 13.8. The zero-order valence-corrected chi connectivity index (χ0v) is 12.3. The molecule has 1 aromatic carbocycles. The number of rotatable bonds is 4. The monoisotopic (exact) mass is 265 g/mol. The molecule has 2 atom stereocenters. The lowest BCUT2D eigenvalue weighted by atomic mass is 9.91. The van der Waals surface area contributed by atoms with Crippen LogP contribution >= 0.6 is 11.8 Å². The van der Waals surface area contributed by atoms with E-state index in [4.69, 9.17) is 0 Å². The van der Waals surface area contributed by atoms with Crippen LogP contribution in [0.15, 0.2) is 29.2 Å². The second-order valence-corrected chi connectivity index (χ2v) is 6.76. The van der Waals surface area contributed by atoms with E-state index in [2.05, 4.69) is 43.4 Å². The number of benzene rings is 1. The van der Waals surface area contributed by atoms with Gasteiger partial charge in [0.25, 0.3) is 0 Å². The van der Waals surface area contributed by atoms with Crippen molar-refractivity contribution in [3.63, 3.8) is 0 Å². The zero-order chi connectivity index (χ0) is 13.2. The summed E-state index contributed by atoms with van der Waals surface area (Å²) < 4.78 is 0. The SMILES string of the molecule is CC(C)C(C)(O)CNC1CCSc2ccccc21. The second kappa shape index (κ2) is 5.64. The minimum Gasteiger partial charge on any atom is -0.389 e. The number of hydrogen-bond donors (Lipinski definition) is 2. The van der Waals surface area contributed by atoms with E-state index < -0.39 is 5.60 Å². The maximum Gasteiger partial charge on any atom is 0.0766 e. The van der Waals surface area contributed by atoms with Crippen LogP contribution in [0, 0.1) is 5.92 Å². The Kier molecular flexibility index (Phi) is 4.36. The number of aliphatic hydroxyl groups is 1. The highest BCUT2D eigenvalue weighted by molar-refractivity contribution is 7.99. The molecule has 0 aliphatic carbocycles. The molecule has 0 spiro atoms. The molecule has 1 aliphatic rings. The Bertz CT molecular complexity index is 403. The van der Waals surface area contributed by atoms with Crippen molar-refractivity contribution in [2.45, 2.75) is 43.7 Å². The Morgan fingerprint density at radius 1 is 1.44 bits per heavy atom. The summed E-state index contributed by atoms with van der Waals surface area (Å²) in [5.41, 5.74) is 0.743. The highest BCUT2D eigenvalue weighted by atomic mass is 32.2. The van der Waals surface area contributed by atoms with E-state index in [1.165, 1.54) is 10.5 Å². The van der Waals surface area contributed by atoms with E-state index in [0.29, 0.717) is 12.6 Å². The van der Waals surface area contributed by atoms with Gasteiger partial charge in [0.15, 0.2) is 0 Å². The molecule has 2 nitrogen and oxygen atoms in total. The lowest BCUT2D eigenvalue weighted by Crippen LogP contribution is -2.43. The van der Waals surface area contributed by atoms with E-state index in [0.717, 1.165) is 12.2 Å². The van der Waals surface area contributed by atoms with Crippen molar-refractivity contribution in [3.8, 4) is 0 Å². The van der Waals surface area contributed by atoms with E-state index in [1.807, 2.05) is 18.7 Å². The van der Waals surface area contributed by atoms with Crippen LogP contribution < -0.4 is 5.32 Å². The summed E-state index contributed by atoms with van der Waals surface area (Å²) in [4.78, 5) is 1.38. The van der Waals surface area contributed by atoms with Crippen LogP contribution in [0.3, 0.4) is 0 Å². The lowest BCUT2D eigenvalue weighted by Gasteiger charge is -2.32. The third-order valence-electron chi connectivity index (χ3n) is 3.91. The van der Waals surface area contributed by atoms with Gasteiger partial charge in [-0.1, -0.05) is 32.0 Å². The molecule has 2 N–H and O–H groups in total. The minimum atomic E-state index is -0.639. The molecule has 1 aliphatic heterocycles. The Hall–Kier alpha value is -0.510. The molecule has 100 valence electrons. The van der Waals surface area contributed by atoms with Crippen molar-refractivity contribution in [3.05, 3.63) is 29.8 Å². The third kappa shape index (κ3) is 3.08. The summed E-state index contributed by atoms with van der Waals surface area (Å²) in [6, 6.07) is 8.96. The first-order chi connectivity index (χ1) is 8.50. The lowest BCUT2D eigenvalue weighted by molar-refractivity contribution is 0.0115. The van der Waals surface area contributed by atoms with Gasteiger partial charge in [-0.2, -0.15) is 0 Å². The van der Waals surface area contributed by atoms with Gasteiger partial charge in [-0.3, -0.25) is 0 Å². The van der Waals surface area contributed by atoms with Crippen LogP contribution in [-0.4, -0.2) is 23.0 Å². The van der Waals surface area contributed by atoms with Gasteiger partial charge < -0.3 is 10.4 Å². The Morgan fingerprint density at radius 2 is 2.17 bits per heavy atom. The molecule has 0 fully saturated rings. The first kappa shape index (κ1) is 13.9.